The summed E-state index contributed by atoms with van der Waals surface area (Å²) in [5.74, 6) is -0.557. The number of rotatable bonds is 3. The van der Waals surface area contributed by atoms with E-state index in [-0.39, 0.29) is 16.9 Å². The SMILES string of the molecule is CCn1ccc(C(=O)OC)c(OC)c1=O. The first-order valence-electron chi connectivity index (χ1n) is 4.51. The molecule has 0 aromatic carbocycles. The van der Waals surface area contributed by atoms with Crippen LogP contribution in [0.15, 0.2) is 17.1 Å². The van der Waals surface area contributed by atoms with E-state index >= 15 is 0 Å². The predicted octanol–water partition coefficient (Wildman–Crippen LogP) is 0.663. The van der Waals surface area contributed by atoms with Crippen LogP contribution in [0.25, 0.3) is 0 Å². The number of hydrogen-bond donors (Lipinski definition) is 0. The topological polar surface area (TPSA) is 57.5 Å². The van der Waals surface area contributed by atoms with Crippen LogP contribution in [0, 0.1) is 0 Å². The first kappa shape index (κ1) is 11.3. The molecule has 0 radical (unpaired) electrons. The molecule has 0 saturated heterocycles. The van der Waals surface area contributed by atoms with Crippen LogP contribution in [-0.4, -0.2) is 24.8 Å². The lowest BCUT2D eigenvalue weighted by Gasteiger charge is -2.08. The highest BCUT2D eigenvalue weighted by Gasteiger charge is 2.16. The van der Waals surface area contributed by atoms with Gasteiger partial charge in [-0.3, -0.25) is 4.79 Å². The Hall–Kier alpha value is -1.78. The molecule has 1 heterocycles. The van der Waals surface area contributed by atoms with E-state index in [9.17, 15) is 9.59 Å². The Morgan fingerprint density at radius 2 is 2.13 bits per heavy atom. The van der Waals surface area contributed by atoms with Crippen LogP contribution in [0.2, 0.25) is 0 Å². The third-order valence-corrected chi connectivity index (χ3v) is 2.07. The first-order valence-corrected chi connectivity index (χ1v) is 4.51. The molecule has 5 nitrogen and oxygen atoms in total. The molecule has 0 aliphatic rings. The number of carbonyl (C=O) groups is 1. The van der Waals surface area contributed by atoms with Crippen molar-refractivity contribution in [3.8, 4) is 5.75 Å². The summed E-state index contributed by atoms with van der Waals surface area (Å²) in [5.41, 5.74) is -0.183. The summed E-state index contributed by atoms with van der Waals surface area (Å²) in [6.07, 6.45) is 1.54. The van der Waals surface area contributed by atoms with Gasteiger partial charge < -0.3 is 14.0 Å². The average molecular weight is 211 g/mol. The molecule has 0 fully saturated rings. The summed E-state index contributed by atoms with van der Waals surface area (Å²) in [5, 5.41) is 0. The van der Waals surface area contributed by atoms with E-state index in [0.29, 0.717) is 6.54 Å². The van der Waals surface area contributed by atoms with Crippen molar-refractivity contribution in [3.05, 3.63) is 28.2 Å². The van der Waals surface area contributed by atoms with Gasteiger partial charge in [0.05, 0.1) is 14.2 Å². The van der Waals surface area contributed by atoms with Crippen molar-refractivity contribution in [2.24, 2.45) is 0 Å². The molecule has 0 amide bonds. The fourth-order valence-electron chi connectivity index (χ4n) is 1.27. The molecule has 0 spiro atoms. The summed E-state index contributed by atoms with van der Waals surface area (Å²) < 4.78 is 10.9. The van der Waals surface area contributed by atoms with Crippen LogP contribution >= 0.6 is 0 Å². The minimum atomic E-state index is -0.577. The van der Waals surface area contributed by atoms with Crippen LogP contribution < -0.4 is 10.3 Å². The average Bonchev–Trinajstić information content (AvgIpc) is 2.27. The van der Waals surface area contributed by atoms with Crippen molar-refractivity contribution in [3.63, 3.8) is 0 Å². The monoisotopic (exact) mass is 211 g/mol. The van der Waals surface area contributed by atoms with Crippen LogP contribution in [0.4, 0.5) is 0 Å². The number of esters is 1. The number of methoxy groups -OCH3 is 2. The summed E-state index contributed by atoms with van der Waals surface area (Å²) in [4.78, 5) is 23.0. The Kier molecular flexibility index (Phi) is 3.49. The lowest BCUT2D eigenvalue weighted by atomic mass is 10.2. The Balaban J connectivity index is 3.37. The summed E-state index contributed by atoms with van der Waals surface area (Å²) >= 11 is 0. The molecule has 0 atom stereocenters. The summed E-state index contributed by atoms with van der Waals surface area (Å²) in [7, 11) is 2.61. The van der Waals surface area contributed by atoms with Crippen molar-refractivity contribution >= 4 is 5.97 Å². The quantitative estimate of drug-likeness (QED) is 0.689. The van der Waals surface area contributed by atoms with Crippen LogP contribution in [0.5, 0.6) is 5.75 Å². The number of aryl methyl sites for hydroxylation is 1. The number of aromatic nitrogens is 1. The largest absolute Gasteiger partial charge is 0.490 e. The zero-order chi connectivity index (χ0) is 11.4. The molecule has 0 unspecified atom stereocenters. The molecule has 0 N–H and O–H groups in total. The number of ether oxygens (including phenoxy) is 2. The normalized spacial score (nSPS) is 9.80. The van der Waals surface area contributed by atoms with Gasteiger partial charge in [-0.15, -0.1) is 0 Å². The molecule has 1 rings (SSSR count). The van der Waals surface area contributed by atoms with Gasteiger partial charge in [-0.05, 0) is 13.0 Å². The van der Waals surface area contributed by atoms with E-state index in [1.54, 1.807) is 0 Å². The molecule has 82 valence electrons. The van der Waals surface area contributed by atoms with Crippen molar-refractivity contribution in [2.45, 2.75) is 13.5 Å². The summed E-state index contributed by atoms with van der Waals surface area (Å²) in [6.45, 7) is 2.36. The standard InChI is InChI=1S/C10H13NO4/c1-4-11-6-5-7(10(13)15-3)8(14-2)9(11)12/h5-6H,4H2,1-3H3. The van der Waals surface area contributed by atoms with E-state index in [1.807, 2.05) is 6.92 Å². The van der Waals surface area contributed by atoms with Gasteiger partial charge >= 0.3 is 5.97 Å². The van der Waals surface area contributed by atoms with E-state index in [2.05, 4.69) is 4.74 Å². The van der Waals surface area contributed by atoms with Crippen LogP contribution in [0.3, 0.4) is 0 Å². The van der Waals surface area contributed by atoms with Crippen molar-refractivity contribution < 1.29 is 14.3 Å². The smallest absolute Gasteiger partial charge is 0.341 e. The van der Waals surface area contributed by atoms with Crippen molar-refractivity contribution in [1.82, 2.24) is 4.57 Å². The van der Waals surface area contributed by atoms with Gasteiger partial charge in [0.25, 0.3) is 5.56 Å². The zero-order valence-corrected chi connectivity index (χ0v) is 8.94. The second kappa shape index (κ2) is 4.63. The lowest BCUT2D eigenvalue weighted by Crippen LogP contribution is -2.23. The van der Waals surface area contributed by atoms with Gasteiger partial charge in [-0.2, -0.15) is 0 Å². The first-order chi connectivity index (χ1) is 7.15. The maximum Gasteiger partial charge on any atom is 0.341 e. The second-order valence-corrected chi connectivity index (χ2v) is 2.85. The fraction of sp³-hybridized carbons (Fsp3) is 0.400. The molecular formula is C10H13NO4. The van der Waals surface area contributed by atoms with E-state index in [0.717, 1.165) is 0 Å². The molecule has 15 heavy (non-hydrogen) atoms. The number of nitrogens with zero attached hydrogens (tertiary/aromatic N) is 1. The summed E-state index contributed by atoms with van der Waals surface area (Å²) in [6, 6.07) is 1.51. The minimum Gasteiger partial charge on any atom is -0.490 e. The van der Waals surface area contributed by atoms with Crippen LogP contribution in [0.1, 0.15) is 17.3 Å². The van der Waals surface area contributed by atoms with E-state index < -0.39 is 5.97 Å². The van der Waals surface area contributed by atoms with E-state index in [4.69, 9.17) is 4.74 Å². The van der Waals surface area contributed by atoms with Gasteiger partial charge in [0.1, 0.15) is 5.56 Å². The Morgan fingerprint density at radius 1 is 1.47 bits per heavy atom. The molecule has 1 aromatic rings. The molecule has 0 aliphatic carbocycles. The Labute approximate surface area is 87.2 Å². The van der Waals surface area contributed by atoms with Gasteiger partial charge in [-0.25, -0.2) is 4.79 Å². The molecule has 0 bridgehead atoms. The highest BCUT2D eigenvalue weighted by atomic mass is 16.5. The third kappa shape index (κ3) is 2.01. The van der Waals surface area contributed by atoms with Gasteiger partial charge in [0.15, 0.2) is 5.75 Å². The fourth-order valence-corrected chi connectivity index (χ4v) is 1.27. The molecule has 5 heteroatoms. The third-order valence-electron chi connectivity index (χ3n) is 2.07. The molecule has 1 aromatic heterocycles. The van der Waals surface area contributed by atoms with Crippen molar-refractivity contribution in [1.29, 1.82) is 0 Å². The number of hydrogen-bond acceptors (Lipinski definition) is 4. The maximum absolute atomic E-state index is 11.7. The lowest BCUT2D eigenvalue weighted by molar-refractivity contribution is 0.0596. The highest BCUT2D eigenvalue weighted by molar-refractivity contribution is 5.92. The van der Waals surface area contributed by atoms with Crippen molar-refractivity contribution in [2.75, 3.05) is 14.2 Å². The zero-order valence-electron chi connectivity index (χ0n) is 8.94. The number of pyridine rings is 1. The molecule has 0 saturated carbocycles. The minimum absolute atomic E-state index is 0.0196. The maximum atomic E-state index is 11.7. The van der Waals surface area contributed by atoms with E-state index in [1.165, 1.54) is 31.0 Å². The van der Waals surface area contributed by atoms with Crippen LogP contribution in [-0.2, 0) is 11.3 Å². The number of carbonyl (C=O) groups excluding carboxylic acids is 1. The van der Waals surface area contributed by atoms with Gasteiger partial charge in [-0.1, -0.05) is 0 Å². The molecule has 0 aliphatic heterocycles. The Morgan fingerprint density at radius 3 is 2.60 bits per heavy atom. The predicted molar refractivity (Wildman–Crippen MR) is 54.3 cm³/mol. The Bertz CT molecular complexity index is 422. The highest BCUT2D eigenvalue weighted by Crippen LogP contribution is 2.13. The molecular weight excluding hydrogens is 198 g/mol. The van der Waals surface area contributed by atoms with Gasteiger partial charge in [0.2, 0.25) is 0 Å². The second-order valence-electron chi connectivity index (χ2n) is 2.85. The van der Waals surface area contributed by atoms with Gasteiger partial charge in [0, 0.05) is 12.7 Å².